The SMILES string of the molecule is N#Cc1c(-c2ccc(Cl)cc2)cn2c1[nH]c1ccccc12. The highest BCUT2D eigenvalue weighted by Gasteiger charge is 2.15. The summed E-state index contributed by atoms with van der Waals surface area (Å²) in [4.78, 5) is 3.31. The van der Waals surface area contributed by atoms with E-state index in [9.17, 15) is 5.26 Å². The Morgan fingerprint density at radius 3 is 2.57 bits per heavy atom. The molecule has 0 bridgehead atoms. The maximum atomic E-state index is 9.54. The fourth-order valence-corrected chi connectivity index (χ4v) is 2.82. The van der Waals surface area contributed by atoms with Crippen molar-refractivity contribution in [2.24, 2.45) is 0 Å². The molecule has 4 aromatic rings. The third kappa shape index (κ3) is 1.74. The van der Waals surface area contributed by atoms with Gasteiger partial charge in [0.05, 0.1) is 11.0 Å². The highest BCUT2D eigenvalue weighted by molar-refractivity contribution is 6.30. The van der Waals surface area contributed by atoms with Gasteiger partial charge in [0.25, 0.3) is 0 Å². The number of hydrogen-bond donors (Lipinski definition) is 1. The molecule has 0 amide bonds. The van der Waals surface area contributed by atoms with Gasteiger partial charge in [0.2, 0.25) is 0 Å². The quantitative estimate of drug-likeness (QED) is 0.547. The molecule has 0 fully saturated rings. The summed E-state index contributed by atoms with van der Waals surface area (Å²) in [6.07, 6.45) is 2.00. The minimum atomic E-state index is 0.647. The Morgan fingerprint density at radius 2 is 1.81 bits per heavy atom. The molecule has 4 heteroatoms. The molecule has 3 nitrogen and oxygen atoms in total. The Bertz CT molecular complexity index is 1000. The van der Waals surface area contributed by atoms with Crippen LogP contribution in [0.25, 0.3) is 27.8 Å². The number of nitriles is 1. The molecule has 0 aliphatic rings. The summed E-state index contributed by atoms with van der Waals surface area (Å²) in [6.45, 7) is 0. The lowest BCUT2D eigenvalue weighted by atomic mass is 10.1. The fraction of sp³-hybridized carbons (Fsp3) is 0. The van der Waals surface area contributed by atoms with Crippen LogP contribution in [0, 0.1) is 11.3 Å². The summed E-state index contributed by atoms with van der Waals surface area (Å²) in [7, 11) is 0. The molecule has 100 valence electrons. The number of fused-ring (bicyclic) bond motifs is 3. The standard InChI is InChI=1S/C17H10ClN3/c18-12-7-5-11(6-8-12)14-10-21-16-4-2-1-3-15(16)20-17(21)13(14)9-19/h1-8,10,20H. The average Bonchev–Trinajstić information content (AvgIpc) is 3.03. The van der Waals surface area contributed by atoms with Crippen molar-refractivity contribution in [2.45, 2.75) is 0 Å². The molecule has 0 aliphatic heterocycles. The summed E-state index contributed by atoms with van der Waals surface area (Å²) in [5, 5.41) is 10.2. The molecule has 4 rings (SSSR count). The van der Waals surface area contributed by atoms with Crippen molar-refractivity contribution in [3.05, 3.63) is 65.3 Å². The molecule has 0 spiro atoms. The lowest BCUT2D eigenvalue weighted by Crippen LogP contribution is -1.79. The molecule has 0 aliphatic carbocycles. The van der Waals surface area contributed by atoms with Gasteiger partial charge in [-0.15, -0.1) is 0 Å². The van der Waals surface area contributed by atoms with Gasteiger partial charge in [-0.25, -0.2) is 0 Å². The second-order valence-electron chi connectivity index (χ2n) is 4.90. The number of aromatic nitrogens is 2. The van der Waals surface area contributed by atoms with E-state index in [1.807, 2.05) is 59.1 Å². The minimum absolute atomic E-state index is 0.647. The molecule has 2 aromatic heterocycles. The summed E-state index contributed by atoms with van der Waals surface area (Å²) in [5.41, 5.74) is 5.44. The van der Waals surface area contributed by atoms with Crippen LogP contribution < -0.4 is 0 Å². The van der Waals surface area contributed by atoms with Gasteiger partial charge < -0.3 is 4.98 Å². The van der Waals surface area contributed by atoms with Gasteiger partial charge in [-0.1, -0.05) is 35.9 Å². The highest BCUT2D eigenvalue weighted by atomic mass is 35.5. The first kappa shape index (κ1) is 12.1. The number of nitrogens with zero attached hydrogens (tertiary/aromatic N) is 2. The largest absolute Gasteiger partial charge is 0.339 e. The first-order valence-corrected chi connectivity index (χ1v) is 6.93. The summed E-state index contributed by atoms with van der Waals surface area (Å²) in [6, 6.07) is 17.8. The second-order valence-corrected chi connectivity index (χ2v) is 5.33. The van der Waals surface area contributed by atoms with Crippen LogP contribution in [0.1, 0.15) is 5.56 Å². The Hall–Kier alpha value is -2.70. The zero-order valence-corrected chi connectivity index (χ0v) is 11.7. The molecule has 2 aromatic carbocycles. The van der Waals surface area contributed by atoms with Crippen LogP contribution in [-0.2, 0) is 0 Å². The summed E-state index contributed by atoms with van der Waals surface area (Å²) < 4.78 is 2.03. The van der Waals surface area contributed by atoms with Crippen LogP contribution in [0.15, 0.2) is 54.7 Å². The first-order chi connectivity index (χ1) is 10.3. The Labute approximate surface area is 126 Å². The third-order valence-corrected chi connectivity index (χ3v) is 3.94. The number of nitrogens with one attached hydrogen (secondary N) is 1. The van der Waals surface area contributed by atoms with Gasteiger partial charge in [0, 0.05) is 16.8 Å². The van der Waals surface area contributed by atoms with Crippen LogP contribution in [-0.4, -0.2) is 9.38 Å². The Morgan fingerprint density at radius 1 is 1.05 bits per heavy atom. The number of halogens is 1. The minimum Gasteiger partial charge on any atom is -0.339 e. The van der Waals surface area contributed by atoms with Gasteiger partial charge in [-0.3, -0.25) is 4.40 Å². The third-order valence-electron chi connectivity index (χ3n) is 3.69. The number of hydrogen-bond acceptors (Lipinski definition) is 1. The van der Waals surface area contributed by atoms with E-state index in [-0.39, 0.29) is 0 Å². The Balaban J connectivity index is 2.06. The molecule has 0 saturated carbocycles. The molecule has 21 heavy (non-hydrogen) atoms. The predicted octanol–water partition coefficient (Wildman–Crippen LogP) is 4.61. The zero-order chi connectivity index (χ0) is 14.4. The molecule has 2 heterocycles. The monoisotopic (exact) mass is 291 g/mol. The average molecular weight is 292 g/mol. The van der Waals surface area contributed by atoms with Crippen LogP contribution in [0.2, 0.25) is 5.02 Å². The van der Waals surface area contributed by atoms with Crippen molar-refractivity contribution in [2.75, 3.05) is 0 Å². The van der Waals surface area contributed by atoms with E-state index in [0.717, 1.165) is 27.8 Å². The van der Waals surface area contributed by atoms with E-state index >= 15 is 0 Å². The molecule has 0 unspecified atom stereocenters. The van der Waals surface area contributed by atoms with Crippen LogP contribution in [0.4, 0.5) is 0 Å². The van der Waals surface area contributed by atoms with E-state index in [4.69, 9.17) is 11.6 Å². The van der Waals surface area contributed by atoms with Gasteiger partial charge in [-0.05, 0) is 29.8 Å². The van der Waals surface area contributed by atoms with Crippen molar-refractivity contribution in [3.63, 3.8) is 0 Å². The maximum absolute atomic E-state index is 9.54. The topological polar surface area (TPSA) is 44.0 Å². The first-order valence-electron chi connectivity index (χ1n) is 6.56. The van der Waals surface area contributed by atoms with E-state index < -0.39 is 0 Å². The number of imidazole rings is 1. The molecule has 0 radical (unpaired) electrons. The molecule has 0 atom stereocenters. The molecule has 1 N–H and O–H groups in total. The highest BCUT2D eigenvalue weighted by Crippen LogP contribution is 2.31. The van der Waals surface area contributed by atoms with Gasteiger partial charge in [0.1, 0.15) is 17.3 Å². The van der Waals surface area contributed by atoms with Crippen LogP contribution in [0.3, 0.4) is 0 Å². The molecular weight excluding hydrogens is 282 g/mol. The fourth-order valence-electron chi connectivity index (χ4n) is 2.70. The molecular formula is C17H10ClN3. The summed E-state index contributed by atoms with van der Waals surface area (Å²) >= 11 is 5.93. The maximum Gasteiger partial charge on any atom is 0.134 e. The van der Waals surface area contributed by atoms with Crippen LogP contribution >= 0.6 is 11.6 Å². The predicted molar refractivity (Wildman–Crippen MR) is 84.4 cm³/mol. The van der Waals surface area contributed by atoms with E-state index in [1.165, 1.54) is 0 Å². The van der Waals surface area contributed by atoms with Crippen molar-refractivity contribution < 1.29 is 0 Å². The summed E-state index contributed by atoms with van der Waals surface area (Å²) in [5.74, 6) is 0. The lowest BCUT2D eigenvalue weighted by Gasteiger charge is -1.99. The molecule has 0 saturated heterocycles. The zero-order valence-electron chi connectivity index (χ0n) is 11.0. The number of H-pyrrole nitrogens is 1. The second kappa shape index (κ2) is 4.41. The Kier molecular flexibility index (Phi) is 2.53. The number of benzene rings is 2. The number of rotatable bonds is 1. The van der Waals surface area contributed by atoms with Gasteiger partial charge >= 0.3 is 0 Å². The van der Waals surface area contributed by atoms with Crippen LogP contribution in [0.5, 0.6) is 0 Å². The van der Waals surface area contributed by atoms with E-state index in [2.05, 4.69) is 11.1 Å². The van der Waals surface area contributed by atoms with E-state index in [1.54, 1.807) is 0 Å². The number of aromatic amines is 1. The van der Waals surface area contributed by atoms with E-state index in [0.29, 0.717) is 10.6 Å². The van der Waals surface area contributed by atoms with Gasteiger partial charge in [-0.2, -0.15) is 5.26 Å². The number of para-hydroxylation sites is 2. The van der Waals surface area contributed by atoms with Gasteiger partial charge in [0.15, 0.2) is 0 Å². The normalized spacial score (nSPS) is 11.0. The van der Waals surface area contributed by atoms with Crippen molar-refractivity contribution >= 4 is 28.3 Å². The van der Waals surface area contributed by atoms with Crippen molar-refractivity contribution in [3.8, 4) is 17.2 Å². The van der Waals surface area contributed by atoms with Crippen molar-refractivity contribution in [1.82, 2.24) is 9.38 Å². The smallest absolute Gasteiger partial charge is 0.134 e. The van der Waals surface area contributed by atoms with Crippen molar-refractivity contribution in [1.29, 1.82) is 5.26 Å². The lowest BCUT2D eigenvalue weighted by molar-refractivity contribution is 1.27.